The summed E-state index contributed by atoms with van der Waals surface area (Å²) in [7, 11) is 3.52. The highest BCUT2D eigenvalue weighted by atomic mass is 35.5. The van der Waals surface area contributed by atoms with Crippen LogP contribution in [0.15, 0.2) is 54.6 Å². The van der Waals surface area contributed by atoms with Gasteiger partial charge in [-0.2, -0.15) is 0 Å². The lowest BCUT2D eigenvalue weighted by molar-refractivity contribution is 0.0604. The molecule has 9 heteroatoms. The van der Waals surface area contributed by atoms with Crippen molar-refractivity contribution < 1.29 is 23.4 Å². The molecule has 0 bridgehead atoms. The Morgan fingerprint density at radius 1 is 1.05 bits per heavy atom. The largest absolute Gasteiger partial charge is 0.508 e. The number of amides is 1. The molecule has 0 saturated heterocycles. The van der Waals surface area contributed by atoms with Gasteiger partial charge in [-0.3, -0.25) is 4.79 Å². The van der Waals surface area contributed by atoms with Crippen molar-refractivity contribution in [2.45, 2.75) is 44.3 Å². The fourth-order valence-corrected chi connectivity index (χ4v) is 6.83. The van der Waals surface area contributed by atoms with Crippen LogP contribution in [0.2, 0.25) is 5.02 Å². The highest BCUT2D eigenvalue weighted by Crippen LogP contribution is 2.40. The number of methoxy groups -OCH3 is 1. The molecule has 1 amide bonds. The highest BCUT2D eigenvalue weighted by molar-refractivity contribution is 7.21. The minimum Gasteiger partial charge on any atom is -0.508 e. The van der Waals surface area contributed by atoms with E-state index in [2.05, 4.69) is 5.32 Å². The minimum atomic E-state index is -0.656. The van der Waals surface area contributed by atoms with Crippen LogP contribution in [0.5, 0.6) is 11.5 Å². The van der Waals surface area contributed by atoms with Crippen molar-refractivity contribution in [2.75, 3.05) is 14.2 Å². The summed E-state index contributed by atoms with van der Waals surface area (Å²) < 4.78 is 34.9. The quantitative estimate of drug-likeness (QED) is 0.243. The number of carbonyl (C=O) groups is 1. The number of hydrogen-bond donors (Lipinski definition) is 2. The molecule has 4 aromatic rings. The maximum atomic E-state index is 14.6. The highest BCUT2D eigenvalue weighted by Gasteiger charge is 2.33. The Bertz CT molecular complexity index is 1500. The number of benzene rings is 3. The average molecular weight is 571 g/mol. The maximum absolute atomic E-state index is 14.6. The molecule has 1 aliphatic carbocycles. The Morgan fingerprint density at radius 2 is 1.72 bits per heavy atom. The van der Waals surface area contributed by atoms with Crippen molar-refractivity contribution >= 4 is 38.9 Å². The number of rotatable bonds is 7. The smallest absolute Gasteiger partial charge is 0.266 e. The zero-order valence-electron chi connectivity index (χ0n) is 21.6. The number of phenolic OH excluding ortho intramolecular Hbond substituents is 1. The van der Waals surface area contributed by atoms with Crippen molar-refractivity contribution in [3.63, 3.8) is 0 Å². The molecule has 5 nitrogen and oxygen atoms in total. The Morgan fingerprint density at radius 3 is 2.36 bits per heavy atom. The van der Waals surface area contributed by atoms with E-state index in [1.807, 2.05) is 37.4 Å². The van der Waals surface area contributed by atoms with Crippen molar-refractivity contribution in [3.05, 3.63) is 81.7 Å². The normalized spacial score (nSPS) is 17.4. The second-order valence-corrected chi connectivity index (χ2v) is 11.2. The van der Waals surface area contributed by atoms with Crippen molar-refractivity contribution in [1.29, 1.82) is 0 Å². The Labute approximate surface area is 235 Å². The number of aromatic hydroxyl groups is 1. The number of nitrogens with one attached hydrogen (secondary N) is 1. The molecule has 0 unspecified atom stereocenters. The lowest BCUT2D eigenvalue weighted by atomic mass is 9.89. The molecule has 5 rings (SSSR count). The summed E-state index contributed by atoms with van der Waals surface area (Å²) in [6.45, 7) is 0.234. The number of halogens is 3. The van der Waals surface area contributed by atoms with Gasteiger partial charge >= 0.3 is 0 Å². The third-order valence-corrected chi connectivity index (χ3v) is 9.18. The van der Waals surface area contributed by atoms with Crippen LogP contribution in [-0.2, 0) is 6.54 Å². The van der Waals surface area contributed by atoms with Gasteiger partial charge in [-0.1, -0.05) is 29.8 Å². The number of carbonyl (C=O) groups excluding carboxylic acids is 1. The number of phenols is 1. The SMILES string of the molecule is CNC1CCC(N(Cc2cc(-c3ccc(O)cc3)ccc2OC)C(=O)c2sc3c(F)ccc(F)c3c2Cl)CC1. The van der Waals surface area contributed by atoms with Crippen LogP contribution < -0.4 is 10.1 Å². The van der Waals surface area contributed by atoms with Gasteiger partial charge in [0.25, 0.3) is 5.91 Å². The maximum Gasteiger partial charge on any atom is 0.266 e. The molecular weight excluding hydrogens is 542 g/mol. The molecule has 39 heavy (non-hydrogen) atoms. The second kappa shape index (κ2) is 11.5. The van der Waals surface area contributed by atoms with Gasteiger partial charge in [0.05, 0.1) is 22.2 Å². The van der Waals surface area contributed by atoms with E-state index in [1.165, 1.54) is 0 Å². The second-order valence-electron chi connectivity index (χ2n) is 9.78. The van der Waals surface area contributed by atoms with E-state index in [0.29, 0.717) is 11.8 Å². The Kier molecular flexibility index (Phi) is 8.07. The third kappa shape index (κ3) is 5.46. The van der Waals surface area contributed by atoms with Crippen LogP contribution >= 0.6 is 22.9 Å². The van der Waals surface area contributed by atoms with Crippen LogP contribution in [0.25, 0.3) is 21.2 Å². The van der Waals surface area contributed by atoms with Crippen LogP contribution in [0.1, 0.15) is 40.9 Å². The summed E-state index contributed by atoms with van der Waals surface area (Å²) in [5, 5.41) is 12.9. The summed E-state index contributed by atoms with van der Waals surface area (Å²) in [6, 6.07) is 15.0. The number of hydrogen-bond acceptors (Lipinski definition) is 5. The van der Waals surface area contributed by atoms with E-state index in [9.17, 15) is 18.7 Å². The van der Waals surface area contributed by atoms with E-state index in [4.69, 9.17) is 16.3 Å². The fourth-order valence-electron chi connectivity index (χ4n) is 5.33. The molecule has 204 valence electrons. The van der Waals surface area contributed by atoms with Crippen molar-refractivity contribution in [1.82, 2.24) is 10.2 Å². The number of nitrogens with zero attached hydrogens (tertiary/aromatic N) is 1. The third-order valence-electron chi connectivity index (χ3n) is 7.50. The molecular formula is C30H29ClF2N2O3S. The molecule has 0 aliphatic heterocycles. The van der Waals surface area contributed by atoms with Gasteiger partial charge in [0.2, 0.25) is 0 Å². The zero-order valence-corrected chi connectivity index (χ0v) is 23.2. The van der Waals surface area contributed by atoms with Gasteiger partial charge in [-0.25, -0.2) is 8.78 Å². The van der Waals surface area contributed by atoms with Gasteiger partial charge in [-0.05, 0) is 80.3 Å². The minimum absolute atomic E-state index is 0.0362. The Balaban J connectivity index is 1.55. The first-order valence-corrected chi connectivity index (χ1v) is 14.0. The van der Waals surface area contributed by atoms with Gasteiger partial charge in [-0.15, -0.1) is 11.3 Å². The molecule has 0 radical (unpaired) electrons. The Hall–Kier alpha value is -3.20. The first-order chi connectivity index (χ1) is 18.8. The fraction of sp³-hybridized carbons (Fsp3) is 0.300. The van der Waals surface area contributed by atoms with Gasteiger partial charge in [0.15, 0.2) is 0 Å². The summed E-state index contributed by atoms with van der Waals surface area (Å²) >= 11 is 7.43. The van der Waals surface area contributed by atoms with Gasteiger partial charge in [0.1, 0.15) is 28.0 Å². The van der Waals surface area contributed by atoms with E-state index < -0.39 is 11.6 Å². The van der Waals surface area contributed by atoms with Crippen LogP contribution in [0.3, 0.4) is 0 Å². The first-order valence-electron chi connectivity index (χ1n) is 12.8. The van der Waals surface area contributed by atoms with E-state index in [0.717, 1.165) is 65.8 Å². The first kappa shape index (κ1) is 27.4. The van der Waals surface area contributed by atoms with E-state index in [1.54, 1.807) is 24.1 Å². The van der Waals surface area contributed by atoms with Crippen molar-refractivity contribution in [3.8, 4) is 22.6 Å². The average Bonchev–Trinajstić information content (AvgIpc) is 3.32. The van der Waals surface area contributed by atoms with Gasteiger partial charge in [0, 0.05) is 24.2 Å². The summed E-state index contributed by atoms with van der Waals surface area (Å²) in [6.07, 6.45) is 3.36. The standard InChI is InChI=1S/C30H29ClF2N2O3S/c1-34-20-6-8-21(9-7-20)35(30(37)29-27(31)26-23(32)12-13-24(33)28(26)39-29)16-19-15-18(5-14-25(19)38-2)17-3-10-22(36)11-4-17/h3-5,10-15,20-21,34,36H,6-9,16H2,1-2H3. The monoisotopic (exact) mass is 570 g/mol. The number of ether oxygens (including phenoxy) is 1. The lowest BCUT2D eigenvalue weighted by Crippen LogP contribution is -2.44. The summed E-state index contributed by atoms with van der Waals surface area (Å²) in [5.41, 5.74) is 2.60. The number of thiophene rings is 1. The molecule has 1 saturated carbocycles. The molecule has 0 atom stereocenters. The molecule has 1 aliphatic rings. The van der Waals surface area contributed by atoms with E-state index >= 15 is 0 Å². The topological polar surface area (TPSA) is 61.8 Å². The number of fused-ring (bicyclic) bond motifs is 1. The predicted molar refractivity (Wildman–Crippen MR) is 152 cm³/mol. The van der Waals surface area contributed by atoms with Crippen LogP contribution in [0, 0.1) is 11.6 Å². The molecule has 2 N–H and O–H groups in total. The molecule has 1 heterocycles. The zero-order chi connectivity index (χ0) is 27.7. The molecule has 1 aromatic heterocycles. The molecule has 0 spiro atoms. The summed E-state index contributed by atoms with van der Waals surface area (Å²) in [5.74, 6) is -0.823. The van der Waals surface area contributed by atoms with Crippen molar-refractivity contribution in [2.24, 2.45) is 0 Å². The summed E-state index contributed by atoms with van der Waals surface area (Å²) in [4.78, 5) is 16.0. The lowest BCUT2D eigenvalue weighted by Gasteiger charge is -2.37. The van der Waals surface area contributed by atoms with Crippen LogP contribution in [0.4, 0.5) is 8.78 Å². The van der Waals surface area contributed by atoms with E-state index in [-0.39, 0.29) is 44.2 Å². The van der Waals surface area contributed by atoms with Crippen LogP contribution in [-0.4, -0.2) is 42.2 Å². The molecule has 1 fully saturated rings. The predicted octanol–water partition coefficient (Wildman–Crippen LogP) is 7.39. The van der Waals surface area contributed by atoms with Gasteiger partial charge < -0.3 is 20.1 Å². The molecule has 3 aromatic carbocycles.